The lowest BCUT2D eigenvalue weighted by molar-refractivity contribution is -0.143. The zero-order chi connectivity index (χ0) is 14.7. The van der Waals surface area contributed by atoms with Crippen LogP contribution in [0.1, 0.15) is 38.5 Å². The van der Waals surface area contributed by atoms with Crippen LogP contribution in [0.2, 0.25) is 0 Å². The maximum absolute atomic E-state index is 12.2. The second-order valence-corrected chi connectivity index (χ2v) is 6.75. The first kappa shape index (κ1) is 14.8. The van der Waals surface area contributed by atoms with Crippen LogP contribution in [0.25, 0.3) is 0 Å². The summed E-state index contributed by atoms with van der Waals surface area (Å²) >= 11 is 0. The number of hydrogen-bond acceptors (Lipinski definition) is 3. The highest BCUT2D eigenvalue weighted by Gasteiger charge is 2.31. The van der Waals surface area contributed by atoms with Crippen molar-refractivity contribution in [3.8, 4) is 0 Å². The van der Waals surface area contributed by atoms with Gasteiger partial charge in [-0.3, -0.25) is 9.59 Å². The first-order valence-corrected chi connectivity index (χ1v) is 8.51. The van der Waals surface area contributed by atoms with Crippen LogP contribution in [0, 0.1) is 11.8 Å². The van der Waals surface area contributed by atoms with E-state index in [0.717, 1.165) is 38.5 Å². The van der Waals surface area contributed by atoms with Crippen LogP contribution in [-0.4, -0.2) is 60.9 Å². The number of hydrogen-bond donors (Lipinski definition) is 1. The Bertz CT molecular complexity index is 381. The summed E-state index contributed by atoms with van der Waals surface area (Å²) in [4.78, 5) is 28.3. The summed E-state index contributed by atoms with van der Waals surface area (Å²) in [5, 5.41) is 3.14. The molecule has 0 aromatic rings. The molecule has 1 N–H and O–H groups in total. The second-order valence-electron chi connectivity index (χ2n) is 6.75. The molecule has 0 bridgehead atoms. The number of carbonyl (C=O) groups excluding carboxylic acids is 2. The molecule has 2 amide bonds. The number of piperazine rings is 1. The van der Waals surface area contributed by atoms with Gasteiger partial charge in [-0.25, -0.2) is 0 Å². The molecule has 1 saturated carbocycles. The van der Waals surface area contributed by atoms with Crippen molar-refractivity contribution in [1.82, 2.24) is 15.1 Å². The second kappa shape index (κ2) is 6.77. The zero-order valence-corrected chi connectivity index (χ0v) is 12.9. The van der Waals surface area contributed by atoms with E-state index in [2.05, 4.69) is 5.32 Å². The van der Waals surface area contributed by atoms with Crippen molar-refractivity contribution in [2.24, 2.45) is 11.8 Å². The molecule has 2 heterocycles. The Morgan fingerprint density at radius 2 is 1.57 bits per heavy atom. The van der Waals surface area contributed by atoms with Gasteiger partial charge in [0, 0.05) is 45.7 Å². The van der Waals surface area contributed by atoms with Crippen molar-refractivity contribution in [2.45, 2.75) is 38.5 Å². The quantitative estimate of drug-likeness (QED) is 0.836. The minimum Gasteiger partial charge on any atom is -0.339 e. The molecule has 3 rings (SSSR count). The SMILES string of the molecule is O=C(CCC1CCCC1)N1CCN(C(=O)C2CNC2)CC1. The normalized spacial score (nSPS) is 24.2. The smallest absolute Gasteiger partial charge is 0.228 e. The molecule has 0 unspecified atom stereocenters. The first-order valence-electron chi connectivity index (χ1n) is 8.51. The van der Waals surface area contributed by atoms with Gasteiger partial charge in [0.2, 0.25) is 11.8 Å². The molecule has 21 heavy (non-hydrogen) atoms. The topological polar surface area (TPSA) is 52.7 Å². The van der Waals surface area contributed by atoms with Gasteiger partial charge in [-0.15, -0.1) is 0 Å². The molecular weight excluding hydrogens is 266 g/mol. The van der Waals surface area contributed by atoms with Crippen molar-refractivity contribution in [3.05, 3.63) is 0 Å². The van der Waals surface area contributed by atoms with E-state index in [1.165, 1.54) is 25.7 Å². The maximum atomic E-state index is 12.2. The van der Waals surface area contributed by atoms with E-state index in [0.29, 0.717) is 25.4 Å². The van der Waals surface area contributed by atoms with Crippen LogP contribution in [-0.2, 0) is 9.59 Å². The highest BCUT2D eigenvalue weighted by Crippen LogP contribution is 2.28. The molecule has 3 fully saturated rings. The Morgan fingerprint density at radius 3 is 2.14 bits per heavy atom. The molecule has 5 heteroatoms. The summed E-state index contributed by atoms with van der Waals surface area (Å²) in [5.41, 5.74) is 0. The zero-order valence-electron chi connectivity index (χ0n) is 12.9. The van der Waals surface area contributed by atoms with Crippen LogP contribution in [0.5, 0.6) is 0 Å². The maximum Gasteiger partial charge on any atom is 0.228 e. The summed E-state index contributed by atoms with van der Waals surface area (Å²) in [6, 6.07) is 0. The number of amides is 2. The third-order valence-electron chi connectivity index (χ3n) is 5.32. The molecular formula is C16H27N3O2. The molecule has 5 nitrogen and oxygen atoms in total. The number of carbonyl (C=O) groups is 2. The van der Waals surface area contributed by atoms with Gasteiger partial charge in [0.25, 0.3) is 0 Å². The Morgan fingerprint density at radius 1 is 0.952 bits per heavy atom. The predicted molar refractivity (Wildman–Crippen MR) is 80.7 cm³/mol. The number of rotatable bonds is 4. The lowest BCUT2D eigenvalue weighted by Gasteiger charge is -2.38. The fourth-order valence-electron chi connectivity index (χ4n) is 3.68. The minimum absolute atomic E-state index is 0.176. The Kier molecular flexibility index (Phi) is 4.78. The summed E-state index contributed by atoms with van der Waals surface area (Å²) in [5.74, 6) is 1.52. The number of nitrogens with one attached hydrogen (secondary N) is 1. The third-order valence-corrected chi connectivity index (χ3v) is 5.32. The molecule has 1 aliphatic carbocycles. The fourth-order valence-corrected chi connectivity index (χ4v) is 3.68. The van der Waals surface area contributed by atoms with Crippen LogP contribution >= 0.6 is 0 Å². The average molecular weight is 293 g/mol. The van der Waals surface area contributed by atoms with E-state index in [9.17, 15) is 9.59 Å². The van der Waals surface area contributed by atoms with Crippen LogP contribution in [0.3, 0.4) is 0 Å². The van der Waals surface area contributed by atoms with Crippen LogP contribution < -0.4 is 5.32 Å². The van der Waals surface area contributed by atoms with Crippen LogP contribution in [0.15, 0.2) is 0 Å². The fraction of sp³-hybridized carbons (Fsp3) is 0.875. The number of nitrogens with zero attached hydrogens (tertiary/aromatic N) is 2. The Labute approximate surface area is 127 Å². The van der Waals surface area contributed by atoms with Gasteiger partial charge in [0.15, 0.2) is 0 Å². The van der Waals surface area contributed by atoms with E-state index in [-0.39, 0.29) is 11.8 Å². The molecule has 3 aliphatic rings. The van der Waals surface area contributed by atoms with Crippen molar-refractivity contribution < 1.29 is 9.59 Å². The largest absolute Gasteiger partial charge is 0.339 e. The lowest BCUT2D eigenvalue weighted by atomic mass is 10.0. The summed E-state index contributed by atoms with van der Waals surface area (Å²) < 4.78 is 0. The molecule has 0 spiro atoms. The molecule has 0 radical (unpaired) electrons. The van der Waals surface area contributed by atoms with Crippen molar-refractivity contribution in [2.75, 3.05) is 39.3 Å². The van der Waals surface area contributed by atoms with E-state index >= 15 is 0 Å². The highest BCUT2D eigenvalue weighted by molar-refractivity contribution is 5.81. The van der Waals surface area contributed by atoms with Crippen molar-refractivity contribution >= 4 is 11.8 Å². The Hall–Kier alpha value is -1.10. The highest BCUT2D eigenvalue weighted by atomic mass is 16.2. The van der Waals surface area contributed by atoms with Crippen molar-refractivity contribution in [1.29, 1.82) is 0 Å². The lowest BCUT2D eigenvalue weighted by Crippen LogP contribution is -2.57. The van der Waals surface area contributed by atoms with Gasteiger partial charge in [0.05, 0.1) is 5.92 Å². The van der Waals surface area contributed by atoms with Gasteiger partial charge in [-0.2, -0.15) is 0 Å². The first-order chi connectivity index (χ1) is 10.2. The standard InChI is InChI=1S/C16H27N3O2/c20-15(6-5-13-3-1-2-4-13)18-7-9-19(10-8-18)16(21)14-11-17-12-14/h13-14,17H,1-12H2. The average Bonchev–Trinajstić information content (AvgIpc) is 2.96. The van der Waals surface area contributed by atoms with E-state index in [1.54, 1.807) is 0 Å². The molecule has 118 valence electrons. The third kappa shape index (κ3) is 3.57. The van der Waals surface area contributed by atoms with E-state index < -0.39 is 0 Å². The predicted octanol–water partition coefficient (Wildman–Crippen LogP) is 0.847. The van der Waals surface area contributed by atoms with Gasteiger partial charge in [-0.1, -0.05) is 25.7 Å². The van der Waals surface area contributed by atoms with Gasteiger partial charge in [-0.05, 0) is 12.3 Å². The van der Waals surface area contributed by atoms with Gasteiger partial charge >= 0.3 is 0 Å². The molecule has 0 aromatic heterocycles. The van der Waals surface area contributed by atoms with Crippen LogP contribution in [0.4, 0.5) is 0 Å². The van der Waals surface area contributed by atoms with Gasteiger partial charge < -0.3 is 15.1 Å². The molecule has 0 aromatic carbocycles. The van der Waals surface area contributed by atoms with E-state index in [1.807, 2.05) is 9.80 Å². The minimum atomic E-state index is 0.176. The van der Waals surface area contributed by atoms with Crippen molar-refractivity contribution in [3.63, 3.8) is 0 Å². The summed E-state index contributed by atoms with van der Waals surface area (Å²) in [6.07, 6.45) is 7.07. The molecule has 2 aliphatic heterocycles. The van der Waals surface area contributed by atoms with E-state index in [4.69, 9.17) is 0 Å². The summed E-state index contributed by atoms with van der Waals surface area (Å²) in [6.45, 7) is 4.50. The Balaban J connectivity index is 1.38. The van der Waals surface area contributed by atoms with Gasteiger partial charge in [0.1, 0.15) is 0 Å². The summed E-state index contributed by atoms with van der Waals surface area (Å²) in [7, 11) is 0. The molecule has 2 saturated heterocycles. The molecule has 0 atom stereocenters. The monoisotopic (exact) mass is 293 g/mol.